The SMILES string of the molecule is C.C.ClP1OC2(CCCC2)C[C@@H]2CCCN21.OC1(C[C@@H]2CCCN2)CCCC1.S.S. The molecule has 5 fully saturated rings. The van der Waals surface area contributed by atoms with Gasteiger partial charge in [-0.15, -0.1) is 0 Å². The second-order valence-electron chi connectivity index (χ2n) is 9.30. The first kappa shape index (κ1) is 31.3. The van der Waals surface area contributed by atoms with Crippen molar-refractivity contribution in [1.29, 1.82) is 0 Å². The maximum atomic E-state index is 10.1. The number of halogens is 1. The monoisotopic (exact) mass is 502 g/mol. The van der Waals surface area contributed by atoms with Gasteiger partial charge in [-0.25, -0.2) is 4.67 Å². The third-order valence-electron chi connectivity index (χ3n) is 7.26. The van der Waals surface area contributed by atoms with Crippen molar-refractivity contribution in [2.45, 2.75) is 128 Å². The molecule has 1 spiro atoms. The molecule has 0 bridgehead atoms. The van der Waals surface area contributed by atoms with Gasteiger partial charge in [0.25, 0.3) is 0 Å². The van der Waals surface area contributed by atoms with Crippen molar-refractivity contribution in [3.05, 3.63) is 0 Å². The molecule has 3 aliphatic heterocycles. The molecule has 3 atom stereocenters. The summed E-state index contributed by atoms with van der Waals surface area (Å²) >= 11 is 6.36. The Morgan fingerprint density at radius 3 is 2.20 bits per heavy atom. The largest absolute Gasteiger partial charge is 0.390 e. The lowest BCUT2D eigenvalue weighted by Gasteiger charge is -2.44. The summed E-state index contributed by atoms with van der Waals surface area (Å²) in [7, 11) is -0.786. The van der Waals surface area contributed by atoms with E-state index in [1.807, 2.05) is 0 Å². The number of rotatable bonds is 2. The van der Waals surface area contributed by atoms with Crippen molar-refractivity contribution < 1.29 is 9.63 Å². The van der Waals surface area contributed by atoms with E-state index >= 15 is 0 Å². The van der Waals surface area contributed by atoms with Crippen LogP contribution in [0.3, 0.4) is 0 Å². The van der Waals surface area contributed by atoms with E-state index in [-0.39, 0.29) is 53.0 Å². The van der Waals surface area contributed by atoms with Crippen molar-refractivity contribution in [2.75, 3.05) is 13.1 Å². The Bertz CT molecular complexity index is 474. The summed E-state index contributed by atoms with van der Waals surface area (Å²) in [6.07, 6.45) is 17.2. The van der Waals surface area contributed by atoms with Gasteiger partial charge in [0, 0.05) is 18.6 Å². The summed E-state index contributed by atoms with van der Waals surface area (Å²) < 4.78 is 8.51. The van der Waals surface area contributed by atoms with Gasteiger partial charge in [-0.05, 0) is 82.0 Å². The maximum Gasteiger partial charge on any atom is 0.207 e. The predicted octanol–water partition coefficient (Wildman–Crippen LogP) is 6.58. The molecule has 3 heterocycles. The van der Waals surface area contributed by atoms with Crippen LogP contribution in [0, 0.1) is 0 Å². The summed E-state index contributed by atoms with van der Waals surface area (Å²) in [6, 6.07) is 1.35. The molecule has 3 saturated heterocycles. The zero-order valence-corrected chi connectivity index (χ0v) is 20.7. The maximum absolute atomic E-state index is 10.1. The van der Waals surface area contributed by atoms with Crippen LogP contribution in [0.25, 0.3) is 0 Å². The van der Waals surface area contributed by atoms with E-state index in [0.717, 1.165) is 38.4 Å². The molecule has 182 valence electrons. The third kappa shape index (κ3) is 7.65. The molecule has 1 unspecified atom stereocenters. The number of fused-ring (bicyclic) bond motifs is 1. The van der Waals surface area contributed by atoms with Crippen LogP contribution in [0.1, 0.15) is 105 Å². The number of hydrogen-bond acceptors (Lipinski definition) is 4. The Morgan fingerprint density at radius 1 is 0.967 bits per heavy atom. The van der Waals surface area contributed by atoms with Crippen LogP contribution in [0.15, 0.2) is 0 Å². The molecule has 2 saturated carbocycles. The lowest BCUT2D eigenvalue weighted by Crippen LogP contribution is -2.42. The normalized spacial score (nSPS) is 33.2. The van der Waals surface area contributed by atoms with Crippen molar-refractivity contribution in [2.24, 2.45) is 0 Å². The lowest BCUT2D eigenvalue weighted by molar-refractivity contribution is 0.0300. The zero-order valence-electron chi connectivity index (χ0n) is 17.1. The Morgan fingerprint density at radius 2 is 1.60 bits per heavy atom. The first-order valence-electron chi connectivity index (χ1n) is 11.0. The fourth-order valence-corrected chi connectivity index (χ4v) is 8.33. The molecule has 0 aromatic carbocycles. The lowest BCUT2D eigenvalue weighted by atomic mass is 9.92. The second kappa shape index (κ2) is 13.8. The molecule has 0 amide bonds. The number of hydrogen-bond donors (Lipinski definition) is 2. The summed E-state index contributed by atoms with van der Waals surface area (Å²) in [5.41, 5.74) is -0.110. The fraction of sp³-hybridized carbons (Fsp3) is 1.00. The van der Waals surface area contributed by atoms with E-state index in [1.54, 1.807) is 0 Å². The minimum Gasteiger partial charge on any atom is -0.390 e. The highest BCUT2D eigenvalue weighted by molar-refractivity contribution is 7.78. The van der Waals surface area contributed by atoms with Crippen LogP contribution in [0.4, 0.5) is 0 Å². The van der Waals surface area contributed by atoms with Gasteiger partial charge in [-0.2, -0.15) is 27.0 Å². The average Bonchev–Trinajstić information content (AvgIpc) is 3.37. The smallest absolute Gasteiger partial charge is 0.207 e. The molecule has 4 nitrogen and oxygen atoms in total. The van der Waals surface area contributed by atoms with Gasteiger partial charge in [0.05, 0.1) is 11.2 Å². The highest BCUT2D eigenvalue weighted by Gasteiger charge is 2.48. The van der Waals surface area contributed by atoms with Crippen LogP contribution >= 0.6 is 45.9 Å². The Kier molecular flexibility index (Phi) is 14.4. The highest BCUT2D eigenvalue weighted by atomic mass is 35.7. The average molecular weight is 503 g/mol. The molecule has 0 aromatic heterocycles. The Labute approximate surface area is 206 Å². The van der Waals surface area contributed by atoms with Gasteiger partial charge in [0.1, 0.15) is 0 Å². The van der Waals surface area contributed by atoms with Gasteiger partial charge in [-0.1, -0.05) is 40.5 Å². The molecule has 2 aliphatic carbocycles. The van der Waals surface area contributed by atoms with E-state index in [9.17, 15) is 5.11 Å². The van der Waals surface area contributed by atoms with Crippen molar-refractivity contribution in [1.82, 2.24) is 9.99 Å². The second-order valence-corrected chi connectivity index (χ2v) is 11.3. The molecule has 2 N–H and O–H groups in total. The molecule has 0 radical (unpaired) electrons. The van der Waals surface area contributed by atoms with E-state index in [2.05, 4.69) is 9.99 Å². The molecule has 5 aliphatic rings. The fourth-order valence-electron chi connectivity index (χ4n) is 5.86. The van der Waals surface area contributed by atoms with Gasteiger partial charge in [0.15, 0.2) is 0 Å². The first-order valence-corrected chi connectivity index (χ1v) is 13.1. The minimum absolute atomic E-state index is 0. The van der Waals surface area contributed by atoms with Gasteiger partial charge < -0.3 is 14.9 Å². The van der Waals surface area contributed by atoms with Gasteiger partial charge in [0.2, 0.25) is 7.65 Å². The van der Waals surface area contributed by atoms with Crippen molar-refractivity contribution in [3.63, 3.8) is 0 Å². The van der Waals surface area contributed by atoms with E-state index < -0.39 is 7.65 Å². The van der Waals surface area contributed by atoms with Gasteiger partial charge >= 0.3 is 0 Å². The zero-order chi connectivity index (χ0) is 18.0. The van der Waals surface area contributed by atoms with Crippen LogP contribution in [0.5, 0.6) is 0 Å². The Hall–Kier alpha value is 1.26. The van der Waals surface area contributed by atoms with E-state index in [4.69, 9.17) is 15.8 Å². The van der Waals surface area contributed by atoms with Crippen molar-refractivity contribution in [3.8, 4) is 0 Å². The molecular weight excluding hydrogens is 455 g/mol. The highest BCUT2D eigenvalue weighted by Crippen LogP contribution is 2.61. The predicted molar refractivity (Wildman–Crippen MR) is 143 cm³/mol. The minimum atomic E-state index is -0.786. The number of nitrogens with one attached hydrogen (secondary N) is 1. The van der Waals surface area contributed by atoms with Gasteiger partial charge in [-0.3, -0.25) is 0 Å². The van der Waals surface area contributed by atoms with Crippen LogP contribution < -0.4 is 5.32 Å². The first-order chi connectivity index (χ1) is 12.6. The summed E-state index contributed by atoms with van der Waals surface area (Å²) in [5, 5.41) is 13.6. The van der Waals surface area contributed by atoms with E-state index in [0.29, 0.717) is 6.04 Å². The molecule has 0 aromatic rings. The topological polar surface area (TPSA) is 44.7 Å². The van der Waals surface area contributed by atoms with E-state index in [1.165, 1.54) is 70.6 Å². The van der Waals surface area contributed by atoms with Crippen LogP contribution in [0.2, 0.25) is 0 Å². The molecular formula is C22H48ClN2O2PS2. The molecule has 5 rings (SSSR count). The molecule has 30 heavy (non-hydrogen) atoms. The Balaban J connectivity index is 0.000000499. The summed E-state index contributed by atoms with van der Waals surface area (Å²) in [5.74, 6) is 0. The quantitative estimate of drug-likeness (QED) is 0.418. The summed E-state index contributed by atoms with van der Waals surface area (Å²) in [4.78, 5) is 0. The molecule has 8 heteroatoms. The standard InChI is InChI=1S/C10H17ClNOP.C10H19NO.2CH4.2H2S/c11-14-12-7-3-4-9(12)8-10(13-14)5-1-2-6-10;12-10(5-1-2-6-10)8-9-4-3-7-11-9;;;;/h9H,1-8H2;9,11-12H,1-8H2;2*1H4;2*1H2/t9-,14?;9-;;;;/m00..../s1. The number of aliphatic hydroxyl groups is 1. The number of nitrogens with zero attached hydrogens (tertiary/aromatic N) is 1. The third-order valence-corrected chi connectivity index (χ3v) is 9.52. The van der Waals surface area contributed by atoms with Crippen LogP contribution in [-0.4, -0.2) is 46.2 Å². The summed E-state index contributed by atoms with van der Waals surface area (Å²) in [6.45, 7) is 2.32. The van der Waals surface area contributed by atoms with Crippen LogP contribution in [-0.2, 0) is 4.52 Å². The van der Waals surface area contributed by atoms with Crippen molar-refractivity contribution >= 4 is 45.9 Å².